The lowest BCUT2D eigenvalue weighted by Gasteiger charge is -2.34. The molecule has 0 saturated carbocycles. The molecule has 3 aromatic heterocycles. The number of likely N-dealkylation sites (N-methyl/N-ethyl adjacent to an activating group) is 1. The lowest BCUT2D eigenvalue weighted by molar-refractivity contribution is 0.441. The van der Waals surface area contributed by atoms with E-state index in [2.05, 4.69) is 20.4 Å². The van der Waals surface area contributed by atoms with Gasteiger partial charge in [-0.3, -0.25) is 0 Å². The first-order chi connectivity index (χ1) is 15.5. The van der Waals surface area contributed by atoms with E-state index in [1.165, 1.54) is 6.07 Å². The normalized spacial score (nSPS) is 17.2. The Morgan fingerprint density at radius 1 is 1.28 bits per heavy atom. The number of anilines is 2. The van der Waals surface area contributed by atoms with Gasteiger partial charge in [-0.2, -0.15) is 9.50 Å². The molecule has 3 N–H and O–H groups in total. The van der Waals surface area contributed by atoms with Gasteiger partial charge in [0.1, 0.15) is 5.82 Å². The van der Waals surface area contributed by atoms with Gasteiger partial charge in [-0.05, 0) is 49.6 Å². The Morgan fingerprint density at radius 3 is 2.91 bits per heavy atom. The number of fused-ring (bicyclic) bond motifs is 1. The predicted octanol–water partition coefficient (Wildman–Crippen LogP) is 3.04. The van der Waals surface area contributed by atoms with Crippen molar-refractivity contribution in [1.29, 1.82) is 0 Å². The number of nitrogens with zero attached hydrogens (tertiary/aromatic N) is 5. The van der Waals surface area contributed by atoms with Crippen LogP contribution in [0, 0.1) is 11.6 Å². The average Bonchev–Trinajstić information content (AvgIpc) is 3.54. The number of nitrogens with one attached hydrogen (secondary N) is 1. The summed E-state index contributed by atoms with van der Waals surface area (Å²) in [5, 5.41) is 8.04. The van der Waals surface area contributed by atoms with E-state index in [1.807, 2.05) is 11.9 Å². The maximum atomic E-state index is 14.5. The minimum Gasteiger partial charge on any atom is -0.461 e. The highest BCUT2D eigenvalue weighted by molar-refractivity contribution is 5.59. The van der Waals surface area contributed by atoms with E-state index in [9.17, 15) is 8.78 Å². The Kier molecular flexibility index (Phi) is 5.22. The number of halogens is 2. The van der Waals surface area contributed by atoms with Crippen LogP contribution in [0.1, 0.15) is 18.4 Å². The Labute approximate surface area is 183 Å². The lowest BCUT2D eigenvalue weighted by Crippen LogP contribution is -2.48. The van der Waals surface area contributed by atoms with Crippen LogP contribution < -0.4 is 16.0 Å². The second kappa shape index (κ2) is 8.19. The van der Waals surface area contributed by atoms with Gasteiger partial charge in [-0.25, -0.2) is 13.8 Å². The number of nitrogens with two attached hydrogens (primary N) is 1. The summed E-state index contributed by atoms with van der Waals surface area (Å²) in [5.74, 6) is -0.00308. The fraction of sp³-hybridized carbons (Fsp3) is 0.318. The van der Waals surface area contributed by atoms with Crippen LogP contribution >= 0.6 is 0 Å². The van der Waals surface area contributed by atoms with Gasteiger partial charge < -0.3 is 20.4 Å². The second-order valence-electron chi connectivity index (χ2n) is 7.96. The molecule has 1 fully saturated rings. The van der Waals surface area contributed by atoms with Crippen molar-refractivity contribution in [2.45, 2.75) is 31.3 Å². The zero-order chi connectivity index (χ0) is 22.2. The summed E-state index contributed by atoms with van der Waals surface area (Å²) < 4.78 is 35.4. The van der Waals surface area contributed by atoms with Crippen LogP contribution in [-0.4, -0.2) is 45.3 Å². The van der Waals surface area contributed by atoms with Gasteiger partial charge in [0, 0.05) is 19.2 Å². The van der Waals surface area contributed by atoms with Crippen molar-refractivity contribution in [3.8, 4) is 11.6 Å². The molecular weight excluding hydrogens is 416 g/mol. The van der Waals surface area contributed by atoms with Crippen molar-refractivity contribution in [2.24, 2.45) is 0 Å². The van der Waals surface area contributed by atoms with E-state index in [-0.39, 0.29) is 24.3 Å². The van der Waals surface area contributed by atoms with Gasteiger partial charge in [0.25, 0.3) is 0 Å². The molecule has 8 nitrogen and oxygen atoms in total. The minimum absolute atomic E-state index is 0.0639. The highest BCUT2D eigenvalue weighted by atomic mass is 19.2. The second-order valence-corrected chi connectivity index (χ2v) is 7.96. The van der Waals surface area contributed by atoms with Gasteiger partial charge in [-0.1, -0.05) is 12.1 Å². The molecule has 10 heteroatoms. The van der Waals surface area contributed by atoms with Gasteiger partial charge in [-0.15, -0.1) is 5.10 Å². The highest BCUT2D eigenvalue weighted by Crippen LogP contribution is 2.26. The first kappa shape index (κ1) is 20.4. The van der Waals surface area contributed by atoms with Crippen molar-refractivity contribution >= 4 is 17.4 Å². The fourth-order valence-corrected chi connectivity index (χ4v) is 4.30. The molecule has 1 aliphatic heterocycles. The summed E-state index contributed by atoms with van der Waals surface area (Å²) in [6.07, 6.45) is 3.75. The molecule has 1 saturated heterocycles. The largest absolute Gasteiger partial charge is 0.461 e. The first-order valence-corrected chi connectivity index (χ1v) is 10.5. The van der Waals surface area contributed by atoms with E-state index in [1.54, 1.807) is 35.0 Å². The van der Waals surface area contributed by atoms with Gasteiger partial charge in [0.05, 0.1) is 12.3 Å². The van der Waals surface area contributed by atoms with Crippen molar-refractivity contribution in [1.82, 2.24) is 24.9 Å². The van der Waals surface area contributed by atoms with Crippen molar-refractivity contribution in [3.63, 3.8) is 0 Å². The van der Waals surface area contributed by atoms with Gasteiger partial charge in [0.15, 0.2) is 23.0 Å². The average molecular weight is 439 g/mol. The van der Waals surface area contributed by atoms with Crippen LogP contribution in [0.25, 0.3) is 17.2 Å². The molecule has 2 atom stereocenters. The summed E-state index contributed by atoms with van der Waals surface area (Å²) in [7, 11) is 1.86. The zero-order valence-corrected chi connectivity index (χ0v) is 17.5. The Balaban J connectivity index is 1.57. The van der Waals surface area contributed by atoms with Gasteiger partial charge in [0.2, 0.25) is 11.8 Å². The molecule has 5 rings (SSSR count). The third-order valence-electron chi connectivity index (χ3n) is 5.91. The maximum Gasteiger partial charge on any atom is 0.230 e. The van der Waals surface area contributed by atoms with E-state index >= 15 is 0 Å². The summed E-state index contributed by atoms with van der Waals surface area (Å²) >= 11 is 0. The quantitative estimate of drug-likeness (QED) is 0.477. The number of nitrogen functional groups attached to an aromatic ring is 1. The number of aromatic nitrogens is 4. The molecule has 0 radical (unpaired) electrons. The van der Waals surface area contributed by atoms with Crippen molar-refractivity contribution in [2.75, 3.05) is 24.2 Å². The molecule has 0 spiro atoms. The summed E-state index contributed by atoms with van der Waals surface area (Å²) in [6, 6.07) is 9.27. The Hall–Kier alpha value is -3.53. The van der Waals surface area contributed by atoms with Gasteiger partial charge >= 0.3 is 0 Å². The number of benzene rings is 1. The number of furan rings is 1. The fourth-order valence-electron chi connectivity index (χ4n) is 4.30. The molecule has 0 bridgehead atoms. The highest BCUT2D eigenvalue weighted by Gasteiger charge is 2.31. The maximum absolute atomic E-state index is 14.5. The standard InChI is InChI=1S/C22H23F2N7O/c1-30(16(15-7-3-9-26-15)11-13-5-2-6-14(23)20(13)24)22-27-18(25)12-19-28-21(29-31(19)22)17-8-4-10-32-17/h2,4-6,8,10,12,15-16,26H,3,7,9,11,25H2,1H3. The molecule has 32 heavy (non-hydrogen) atoms. The van der Waals surface area contributed by atoms with E-state index < -0.39 is 11.6 Å². The minimum atomic E-state index is -0.855. The van der Waals surface area contributed by atoms with Crippen LogP contribution in [0.5, 0.6) is 0 Å². The molecule has 2 unspecified atom stereocenters. The van der Waals surface area contributed by atoms with E-state index in [4.69, 9.17) is 10.2 Å². The SMILES string of the molecule is CN(c1nc(N)cc2nc(-c3ccco3)nn12)C(Cc1cccc(F)c1F)C1CCCN1. The summed E-state index contributed by atoms with van der Waals surface area (Å²) in [6.45, 7) is 0.867. The van der Waals surface area contributed by atoms with E-state index in [0.29, 0.717) is 28.7 Å². The Morgan fingerprint density at radius 2 is 2.16 bits per heavy atom. The third kappa shape index (κ3) is 3.66. The van der Waals surface area contributed by atoms with Crippen LogP contribution in [-0.2, 0) is 6.42 Å². The number of rotatable bonds is 6. The monoisotopic (exact) mass is 439 g/mol. The molecule has 4 heterocycles. The molecule has 0 amide bonds. The Bertz CT molecular complexity index is 1230. The molecule has 166 valence electrons. The molecule has 1 aromatic carbocycles. The summed E-state index contributed by atoms with van der Waals surface area (Å²) in [4.78, 5) is 10.9. The van der Waals surface area contributed by atoms with Crippen LogP contribution in [0.3, 0.4) is 0 Å². The number of hydrogen-bond donors (Lipinski definition) is 2. The predicted molar refractivity (Wildman–Crippen MR) is 116 cm³/mol. The smallest absolute Gasteiger partial charge is 0.230 e. The van der Waals surface area contributed by atoms with Crippen LogP contribution in [0.2, 0.25) is 0 Å². The molecular formula is C22H23F2N7O. The van der Waals surface area contributed by atoms with E-state index in [0.717, 1.165) is 25.5 Å². The van der Waals surface area contributed by atoms with Crippen LogP contribution in [0.15, 0.2) is 47.1 Å². The number of hydrogen-bond acceptors (Lipinski definition) is 7. The van der Waals surface area contributed by atoms with Crippen LogP contribution in [0.4, 0.5) is 20.5 Å². The molecule has 4 aromatic rings. The molecule has 1 aliphatic rings. The van der Waals surface area contributed by atoms with Crippen molar-refractivity contribution < 1.29 is 13.2 Å². The molecule has 0 aliphatic carbocycles. The van der Waals surface area contributed by atoms with Crippen molar-refractivity contribution in [3.05, 3.63) is 59.9 Å². The lowest BCUT2D eigenvalue weighted by atomic mass is 9.96. The third-order valence-corrected chi connectivity index (χ3v) is 5.91. The topological polar surface area (TPSA) is 97.5 Å². The zero-order valence-electron chi connectivity index (χ0n) is 17.5. The first-order valence-electron chi connectivity index (χ1n) is 10.5. The summed E-state index contributed by atoms with van der Waals surface area (Å²) in [5.41, 5.74) is 6.90.